The lowest BCUT2D eigenvalue weighted by molar-refractivity contribution is -0.138. The number of carbonyl (C=O) groups excluding carboxylic acids is 3. The maximum absolute atomic E-state index is 13.5. The number of fused-ring (bicyclic) bond motifs is 1. The fourth-order valence-corrected chi connectivity index (χ4v) is 5.43. The van der Waals surface area contributed by atoms with Gasteiger partial charge in [0.2, 0.25) is 17.6 Å². The molecule has 226 valence electrons. The molecule has 0 aliphatic heterocycles. The number of benzene rings is 1. The molecule has 1 aromatic carbocycles. The summed E-state index contributed by atoms with van der Waals surface area (Å²) in [6, 6.07) is 8.39. The summed E-state index contributed by atoms with van der Waals surface area (Å²) in [6.07, 6.45) is 5.04. The van der Waals surface area contributed by atoms with E-state index in [1.54, 1.807) is 42.3 Å². The third-order valence-corrected chi connectivity index (χ3v) is 8.08. The van der Waals surface area contributed by atoms with Gasteiger partial charge in [0.1, 0.15) is 29.4 Å². The Morgan fingerprint density at radius 3 is 2.43 bits per heavy atom. The first-order chi connectivity index (χ1) is 19.8. The molecule has 1 saturated carbocycles. The zero-order chi connectivity index (χ0) is 30.6. The van der Waals surface area contributed by atoms with Gasteiger partial charge >= 0.3 is 0 Å². The molecule has 2 heterocycles. The SMILES string of the molecule is CC(C)C1CCC(C(=O)Nc2c(C(=O)Nc3ccc(Cl)cn3)oc3ccc(OCCN(C)C(=O)C(C)(C)C)cc23)CC1. The molecule has 1 aliphatic rings. The molecular formula is C32H41ClN4O5. The molecule has 1 fully saturated rings. The van der Waals surface area contributed by atoms with Crippen LogP contribution in [0.15, 0.2) is 40.9 Å². The van der Waals surface area contributed by atoms with E-state index in [2.05, 4.69) is 29.5 Å². The number of ether oxygens (including phenoxy) is 1. The number of rotatable bonds is 9. The molecule has 4 rings (SSSR count). The molecule has 3 amide bonds. The lowest BCUT2D eigenvalue weighted by atomic mass is 9.76. The van der Waals surface area contributed by atoms with Gasteiger partial charge in [-0.2, -0.15) is 0 Å². The topological polar surface area (TPSA) is 114 Å². The Balaban J connectivity index is 1.57. The molecule has 0 spiro atoms. The first-order valence-corrected chi connectivity index (χ1v) is 14.9. The van der Waals surface area contributed by atoms with Crippen LogP contribution in [0.3, 0.4) is 0 Å². The van der Waals surface area contributed by atoms with Gasteiger partial charge in [-0.25, -0.2) is 4.98 Å². The molecule has 2 aromatic heterocycles. The monoisotopic (exact) mass is 596 g/mol. The molecule has 0 atom stereocenters. The van der Waals surface area contributed by atoms with Gasteiger partial charge in [-0.15, -0.1) is 0 Å². The van der Waals surface area contributed by atoms with E-state index in [0.29, 0.717) is 45.9 Å². The average molecular weight is 597 g/mol. The molecule has 2 N–H and O–H groups in total. The van der Waals surface area contributed by atoms with Crippen LogP contribution in [0.5, 0.6) is 5.75 Å². The van der Waals surface area contributed by atoms with E-state index in [1.165, 1.54) is 6.20 Å². The van der Waals surface area contributed by atoms with Crippen LogP contribution in [-0.4, -0.2) is 47.8 Å². The largest absolute Gasteiger partial charge is 0.492 e. The highest BCUT2D eigenvalue weighted by Gasteiger charge is 2.30. The highest BCUT2D eigenvalue weighted by Crippen LogP contribution is 2.37. The van der Waals surface area contributed by atoms with Crippen molar-refractivity contribution in [1.82, 2.24) is 9.88 Å². The lowest BCUT2D eigenvalue weighted by Crippen LogP contribution is -2.38. The molecule has 9 nitrogen and oxygen atoms in total. The van der Waals surface area contributed by atoms with Crippen molar-refractivity contribution in [3.63, 3.8) is 0 Å². The third kappa shape index (κ3) is 7.62. The summed E-state index contributed by atoms with van der Waals surface area (Å²) < 4.78 is 11.9. The van der Waals surface area contributed by atoms with Crippen LogP contribution < -0.4 is 15.4 Å². The highest BCUT2D eigenvalue weighted by atomic mass is 35.5. The van der Waals surface area contributed by atoms with Crippen LogP contribution in [0, 0.1) is 23.2 Å². The molecule has 0 unspecified atom stereocenters. The predicted molar refractivity (Wildman–Crippen MR) is 165 cm³/mol. The van der Waals surface area contributed by atoms with Crippen LogP contribution in [0.4, 0.5) is 11.5 Å². The van der Waals surface area contributed by atoms with E-state index in [4.69, 9.17) is 20.8 Å². The lowest BCUT2D eigenvalue weighted by Gasteiger charge is -2.30. The number of hydrogen-bond donors (Lipinski definition) is 2. The number of hydrogen-bond acceptors (Lipinski definition) is 6. The van der Waals surface area contributed by atoms with E-state index < -0.39 is 11.3 Å². The quantitative estimate of drug-likeness (QED) is 0.274. The van der Waals surface area contributed by atoms with Crippen molar-refractivity contribution in [2.24, 2.45) is 23.2 Å². The summed E-state index contributed by atoms with van der Waals surface area (Å²) in [4.78, 5) is 45.1. The molecule has 1 aliphatic carbocycles. The van der Waals surface area contributed by atoms with Gasteiger partial charge in [0.05, 0.1) is 11.6 Å². The van der Waals surface area contributed by atoms with Crippen LogP contribution in [0.2, 0.25) is 5.02 Å². The van der Waals surface area contributed by atoms with Gasteiger partial charge in [0.25, 0.3) is 5.91 Å². The first kappa shape index (κ1) is 31.3. The molecule has 0 radical (unpaired) electrons. The van der Waals surface area contributed by atoms with E-state index in [9.17, 15) is 14.4 Å². The van der Waals surface area contributed by atoms with Crippen LogP contribution in [0.1, 0.15) is 70.9 Å². The van der Waals surface area contributed by atoms with Crippen molar-refractivity contribution in [1.29, 1.82) is 0 Å². The predicted octanol–water partition coefficient (Wildman–Crippen LogP) is 7.02. The molecule has 42 heavy (non-hydrogen) atoms. The van der Waals surface area contributed by atoms with E-state index in [-0.39, 0.29) is 35.8 Å². The van der Waals surface area contributed by atoms with Crippen LogP contribution >= 0.6 is 11.6 Å². The Bertz CT molecular complexity index is 1420. The number of pyridine rings is 1. The van der Waals surface area contributed by atoms with Crippen molar-refractivity contribution >= 4 is 51.8 Å². The van der Waals surface area contributed by atoms with Gasteiger partial charge < -0.3 is 24.7 Å². The highest BCUT2D eigenvalue weighted by molar-refractivity contribution is 6.30. The molecular weight excluding hydrogens is 556 g/mol. The van der Waals surface area contributed by atoms with Crippen molar-refractivity contribution in [3.05, 3.63) is 47.3 Å². The minimum Gasteiger partial charge on any atom is -0.492 e. The summed E-state index contributed by atoms with van der Waals surface area (Å²) >= 11 is 5.93. The van der Waals surface area contributed by atoms with Gasteiger partial charge in [-0.05, 0) is 67.9 Å². The van der Waals surface area contributed by atoms with Crippen molar-refractivity contribution < 1.29 is 23.5 Å². The Hall–Kier alpha value is -3.59. The number of likely N-dealkylation sites (N-methyl/N-ethyl adjacent to an activating group) is 1. The van der Waals surface area contributed by atoms with Gasteiger partial charge in [0.15, 0.2) is 0 Å². The summed E-state index contributed by atoms with van der Waals surface area (Å²) in [5.41, 5.74) is 0.234. The number of amides is 3. The first-order valence-electron chi connectivity index (χ1n) is 14.5. The minimum absolute atomic E-state index is 0.0228. The van der Waals surface area contributed by atoms with Crippen LogP contribution in [-0.2, 0) is 9.59 Å². The maximum atomic E-state index is 13.5. The zero-order valence-electron chi connectivity index (χ0n) is 25.3. The Morgan fingerprint density at radius 2 is 1.81 bits per heavy atom. The number of carbonyl (C=O) groups is 3. The molecule has 3 aromatic rings. The molecule has 0 bridgehead atoms. The second kappa shape index (κ2) is 13.2. The van der Waals surface area contributed by atoms with Crippen molar-refractivity contribution in [2.75, 3.05) is 30.8 Å². The van der Waals surface area contributed by atoms with E-state index >= 15 is 0 Å². The number of nitrogens with one attached hydrogen (secondary N) is 2. The fourth-order valence-electron chi connectivity index (χ4n) is 5.32. The van der Waals surface area contributed by atoms with Crippen molar-refractivity contribution in [2.45, 2.75) is 60.3 Å². The third-order valence-electron chi connectivity index (χ3n) is 7.85. The normalized spacial score (nSPS) is 17.2. The maximum Gasteiger partial charge on any atom is 0.294 e. The van der Waals surface area contributed by atoms with Gasteiger partial charge in [-0.3, -0.25) is 14.4 Å². The number of anilines is 2. The van der Waals surface area contributed by atoms with Gasteiger partial charge in [-0.1, -0.05) is 46.2 Å². The van der Waals surface area contributed by atoms with Gasteiger partial charge in [0, 0.05) is 30.0 Å². The van der Waals surface area contributed by atoms with E-state index in [0.717, 1.165) is 25.7 Å². The minimum atomic E-state index is -0.551. The summed E-state index contributed by atoms with van der Waals surface area (Å²) in [7, 11) is 1.75. The van der Waals surface area contributed by atoms with Crippen molar-refractivity contribution in [3.8, 4) is 5.75 Å². The Morgan fingerprint density at radius 1 is 1.10 bits per heavy atom. The fraction of sp³-hybridized carbons (Fsp3) is 0.500. The summed E-state index contributed by atoms with van der Waals surface area (Å²) in [5, 5.41) is 6.72. The second-order valence-corrected chi connectivity index (χ2v) is 12.9. The standard InChI is InChI=1S/C32H41ClN4O5/c1-19(2)20-7-9-21(10-8-20)29(38)36-27-24-17-23(41-16-15-37(6)31(40)32(3,4)5)12-13-25(24)42-28(27)30(39)35-26-14-11-22(33)18-34-26/h11-14,17-21H,7-10,15-16H2,1-6H3,(H,36,38)(H,34,35,39). The number of furan rings is 1. The molecule has 10 heteroatoms. The van der Waals surface area contributed by atoms with E-state index in [1.807, 2.05) is 20.8 Å². The smallest absolute Gasteiger partial charge is 0.294 e. The Kier molecular flexibility index (Phi) is 9.82. The number of aromatic nitrogens is 1. The molecule has 0 saturated heterocycles. The van der Waals surface area contributed by atoms with Crippen LogP contribution in [0.25, 0.3) is 11.0 Å². The number of nitrogens with zero attached hydrogens (tertiary/aromatic N) is 2. The summed E-state index contributed by atoms with van der Waals surface area (Å²) in [5.74, 6) is 1.20. The average Bonchev–Trinajstić information content (AvgIpc) is 3.30. The summed E-state index contributed by atoms with van der Waals surface area (Å²) in [6.45, 7) is 10.8. The Labute approximate surface area is 252 Å². The number of halogens is 1. The second-order valence-electron chi connectivity index (χ2n) is 12.5. The zero-order valence-corrected chi connectivity index (χ0v) is 26.0.